The molecule has 0 bridgehead atoms. The average molecular weight is 405 g/mol. The first-order valence-electron chi connectivity index (χ1n) is 12.4. The minimum absolute atomic E-state index is 0.319. The molecule has 1 aliphatic carbocycles. The Bertz CT molecular complexity index is 520. The molecule has 0 amide bonds. The van der Waals surface area contributed by atoms with Gasteiger partial charge >= 0.3 is 0 Å². The topological polar surface area (TPSA) is 27.7 Å². The SMILES string of the molecule is C=C1CCC/C=C\C[C@@H]2[C@@H](CCC3(CCCCCCC)OCCO3)[C@H](C)C[C@@H]2O1. The molecule has 166 valence electrons. The summed E-state index contributed by atoms with van der Waals surface area (Å²) in [7, 11) is 0. The van der Waals surface area contributed by atoms with Crippen molar-refractivity contribution in [2.24, 2.45) is 17.8 Å². The maximum absolute atomic E-state index is 6.36. The van der Waals surface area contributed by atoms with E-state index >= 15 is 0 Å². The van der Waals surface area contributed by atoms with Crippen molar-refractivity contribution in [2.45, 2.75) is 109 Å². The van der Waals surface area contributed by atoms with Gasteiger partial charge in [0.15, 0.2) is 5.79 Å². The number of rotatable bonds is 9. The summed E-state index contributed by atoms with van der Waals surface area (Å²) in [6.07, 6.45) is 20.5. The Balaban J connectivity index is 1.57. The van der Waals surface area contributed by atoms with E-state index < -0.39 is 0 Å². The van der Waals surface area contributed by atoms with Crippen molar-refractivity contribution < 1.29 is 14.2 Å². The molecule has 2 aliphatic heterocycles. The van der Waals surface area contributed by atoms with Gasteiger partial charge in [-0.1, -0.05) is 58.3 Å². The predicted molar refractivity (Wildman–Crippen MR) is 120 cm³/mol. The number of allylic oxidation sites excluding steroid dienone is 3. The summed E-state index contributed by atoms with van der Waals surface area (Å²) < 4.78 is 18.7. The Morgan fingerprint density at radius 1 is 1.07 bits per heavy atom. The number of hydrogen-bond acceptors (Lipinski definition) is 3. The van der Waals surface area contributed by atoms with Gasteiger partial charge in [0.1, 0.15) is 6.10 Å². The zero-order chi connectivity index (χ0) is 20.5. The third kappa shape index (κ3) is 6.59. The summed E-state index contributed by atoms with van der Waals surface area (Å²) in [4.78, 5) is 0. The fourth-order valence-corrected chi connectivity index (χ4v) is 5.73. The van der Waals surface area contributed by atoms with Crippen molar-refractivity contribution in [1.82, 2.24) is 0 Å². The van der Waals surface area contributed by atoms with Crippen LogP contribution < -0.4 is 0 Å². The van der Waals surface area contributed by atoms with E-state index in [4.69, 9.17) is 14.2 Å². The van der Waals surface area contributed by atoms with E-state index in [2.05, 4.69) is 32.6 Å². The Morgan fingerprint density at radius 3 is 2.66 bits per heavy atom. The number of unbranched alkanes of at least 4 members (excludes halogenated alkanes) is 4. The van der Waals surface area contributed by atoms with Crippen molar-refractivity contribution in [2.75, 3.05) is 13.2 Å². The van der Waals surface area contributed by atoms with Crippen molar-refractivity contribution in [3.05, 3.63) is 24.5 Å². The van der Waals surface area contributed by atoms with Crippen LogP contribution in [0.2, 0.25) is 0 Å². The van der Waals surface area contributed by atoms with Crippen molar-refractivity contribution in [3.8, 4) is 0 Å². The van der Waals surface area contributed by atoms with Gasteiger partial charge in [-0.15, -0.1) is 0 Å². The Kier molecular flexibility index (Phi) is 9.11. The molecule has 2 fully saturated rings. The van der Waals surface area contributed by atoms with Crippen LogP contribution in [0.5, 0.6) is 0 Å². The molecule has 0 radical (unpaired) electrons. The van der Waals surface area contributed by atoms with Crippen LogP contribution in [0.25, 0.3) is 0 Å². The highest BCUT2D eigenvalue weighted by molar-refractivity contribution is 4.99. The van der Waals surface area contributed by atoms with E-state index in [0.717, 1.165) is 63.9 Å². The van der Waals surface area contributed by atoms with Gasteiger partial charge in [0.2, 0.25) is 0 Å². The van der Waals surface area contributed by atoms with Crippen LogP contribution in [-0.4, -0.2) is 25.1 Å². The van der Waals surface area contributed by atoms with Gasteiger partial charge in [0.05, 0.1) is 19.0 Å². The van der Waals surface area contributed by atoms with E-state index in [1.54, 1.807) is 0 Å². The second-order valence-corrected chi connectivity index (χ2v) is 9.65. The number of fused-ring (bicyclic) bond motifs is 1. The minimum Gasteiger partial charge on any atom is -0.495 e. The van der Waals surface area contributed by atoms with Gasteiger partial charge in [-0.2, -0.15) is 0 Å². The average Bonchev–Trinajstić information content (AvgIpc) is 3.28. The highest BCUT2D eigenvalue weighted by Crippen LogP contribution is 2.46. The van der Waals surface area contributed by atoms with Gasteiger partial charge in [-0.3, -0.25) is 0 Å². The van der Waals surface area contributed by atoms with Crippen LogP contribution >= 0.6 is 0 Å². The normalized spacial score (nSPS) is 33.2. The van der Waals surface area contributed by atoms with Gasteiger partial charge in [0.25, 0.3) is 0 Å². The lowest BCUT2D eigenvalue weighted by molar-refractivity contribution is -0.171. The molecule has 1 saturated heterocycles. The molecule has 3 nitrogen and oxygen atoms in total. The van der Waals surface area contributed by atoms with Crippen molar-refractivity contribution in [3.63, 3.8) is 0 Å². The molecule has 3 aliphatic rings. The molecular weight excluding hydrogens is 360 g/mol. The summed E-state index contributed by atoms with van der Waals surface area (Å²) in [5.74, 6) is 2.64. The number of ether oxygens (including phenoxy) is 3. The first kappa shape index (κ1) is 22.9. The van der Waals surface area contributed by atoms with Crippen LogP contribution in [0.1, 0.15) is 97.3 Å². The first-order chi connectivity index (χ1) is 14.1. The summed E-state index contributed by atoms with van der Waals surface area (Å²) in [6.45, 7) is 10.4. The van der Waals surface area contributed by atoms with Crippen LogP contribution in [0.15, 0.2) is 24.5 Å². The van der Waals surface area contributed by atoms with Gasteiger partial charge in [-0.05, 0) is 50.4 Å². The van der Waals surface area contributed by atoms with Crippen LogP contribution in [0.3, 0.4) is 0 Å². The van der Waals surface area contributed by atoms with Gasteiger partial charge in [0, 0.05) is 25.2 Å². The molecule has 0 aromatic rings. The number of hydrogen-bond donors (Lipinski definition) is 0. The Hall–Kier alpha value is -0.800. The maximum Gasteiger partial charge on any atom is 0.168 e. The maximum atomic E-state index is 6.36. The molecule has 1 saturated carbocycles. The molecule has 3 heteroatoms. The second-order valence-electron chi connectivity index (χ2n) is 9.65. The Morgan fingerprint density at radius 2 is 1.86 bits per heavy atom. The minimum atomic E-state index is -0.319. The zero-order valence-corrected chi connectivity index (χ0v) is 19.0. The predicted octanol–water partition coefficient (Wildman–Crippen LogP) is 7.17. The molecule has 0 aromatic carbocycles. The summed E-state index contributed by atoms with van der Waals surface area (Å²) in [5, 5.41) is 0. The van der Waals surface area contributed by atoms with Crippen molar-refractivity contribution in [1.29, 1.82) is 0 Å². The Labute approximate surface area is 179 Å². The highest BCUT2D eigenvalue weighted by Gasteiger charge is 2.44. The molecular formula is C26H44O3. The molecule has 2 heterocycles. The van der Waals surface area contributed by atoms with E-state index in [0.29, 0.717) is 23.9 Å². The van der Waals surface area contributed by atoms with E-state index in [-0.39, 0.29) is 5.79 Å². The van der Waals surface area contributed by atoms with E-state index in [1.165, 1.54) is 38.5 Å². The van der Waals surface area contributed by atoms with E-state index in [1.807, 2.05) is 0 Å². The fourth-order valence-electron chi connectivity index (χ4n) is 5.73. The van der Waals surface area contributed by atoms with E-state index in [9.17, 15) is 0 Å². The summed E-state index contributed by atoms with van der Waals surface area (Å²) in [5.41, 5.74) is 0. The quantitative estimate of drug-likeness (QED) is 0.301. The van der Waals surface area contributed by atoms with Gasteiger partial charge < -0.3 is 14.2 Å². The fraction of sp³-hybridized carbons (Fsp3) is 0.846. The van der Waals surface area contributed by atoms with Gasteiger partial charge in [-0.25, -0.2) is 0 Å². The lowest BCUT2D eigenvalue weighted by atomic mass is 9.82. The smallest absolute Gasteiger partial charge is 0.168 e. The van der Waals surface area contributed by atoms with Crippen LogP contribution in [-0.2, 0) is 14.2 Å². The highest BCUT2D eigenvalue weighted by atomic mass is 16.7. The third-order valence-electron chi connectivity index (χ3n) is 7.42. The molecule has 4 atom stereocenters. The molecule has 0 aromatic heterocycles. The molecule has 29 heavy (non-hydrogen) atoms. The van der Waals surface area contributed by atoms with Crippen molar-refractivity contribution >= 4 is 0 Å². The standard InChI is InChI=1S/C26H44O3/c1-4-5-6-9-12-16-26(27-18-19-28-26)17-15-23-21(2)20-25-24(23)14-11-8-7-10-13-22(3)29-25/h8,11,21,23-25H,3-7,9-10,12-20H2,1-2H3/b11-8-/t21-,23+,24-,25+/m1/s1. The molecule has 0 unspecified atom stereocenters. The van der Waals surface area contributed by atoms with Crippen LogP contribution in [0, 0.1) is 17.8 Å². The largest absolute Gasteiger partial charge is 0.495 e. The summed E-state index contributed by atoms with van der Waals surface area (Å²) in [6, 6.07) is 0. The zero-order valence-electron chi connectivity index (χ0n) is 19.0. The molecule has 0 spiro atoms. The molecule has 3 rings (SSSR count). The van der Waals surface area contributed by atoms with Crippen LogP contribution in [0.4, 0.5) is 0 Å². The monoisotopic (exact) mass is 404 g/mol. The third-order valence-corrected chi connectivity index (χ3v) is 7.42. The second kappa shape index (κ2) is 11.6. The lowest BCUT2D eigenvalue weighted by Crippen LogP contribution is -2.32. The first-order valence-corrected chi connectivity index (χ1v) is 12.4. The lowest BCUT2D eigenvalue weighted by Gasteiger charge is -2.32. The summed E-state index contributed by atoms with van der Waals surface area (Å²) >= 11 is 0. The molecule has 0 N–H and O–H groups in total.